The molecule has 0 bridgehead atoms. The monoisotopic (exact) mass is 758 g/mol. The van der Waals surface area contributed by atoms with Crippen LogP contribution in [0.4, 0.5) is 5.69 Å². The van der Waals surface area contributed by atoms with Crippen molar-refractivity contribution in [3.05, 3.63) is 119 Å². The molecule has 4 atom stereocenters. The maximum absolute atomic E-state index is 14.5. The number of benzene rings is 4. The largest absolute Gasteiger partial charge is 0.508 e. The van der Waals surface area contributed by atoms with Crippen molar-refractivity contribution in [3.63, 3.8) is 0 Å². The molecule has 4 aromatic carbocycles. The molecular weight excluding hydrogens is 705 g/mol. The Labute approximate surface area is 320 Å². The molecule has 0 radical (unpaired) electrons. The second kappa shape index (κ2) is 18.6. The van der Waals surface area contributed by atoms with Gasteiger partial charge >= 0.3 is 0 Å². The van der Waals surface area contributed by atoms with Gasteiger partial charge in [0.15, 0.2) is 0 Å². The maximum Gasteiger partial charge on any atom is 0.243 e. The summed E-state index contributed by atoms with van der Waals surface area (Å²) in [6, 6.07) is 27.7. The topological polar surface area (TPSA) is 107 Å². The predicted octanol–water partition coefficient (Wildman–Crippen LogP) is 7.38. The molecule has 10 nitrogen and oxygen atoms in total. The molecule has 11 heteroatoms. The summed E-state index contributed by atoms with van der Waals surface area (Å²) < 4.78 is 60.2. The van der Waals surface area contributed by atoms with Gasteiger partial charge in [0.25, 0.3) is 0 Å². The number of hydrogen-bond donors (Lipinski definition) is 1. The zero-order chi connectivity index (χ0) is 38.1. The van der Waals surface area contributed by atoms with Crippen molar-refractivity contribution in [1.29, 1.82) is 0 Å². The molecular formula is C43H54N2O8S. The van der Waals surface area contributed by atoms with Gasteiger partial charge in [-0.3, -0.25) is 0 Å². The number of rotatable bonds is 17. The molecule has 1 fully saturated rings. The molecule has 0 unspecified atom stereocenters. The molecule has 0 aromatic heterocycles. The Bertz CT molecular complexity index is 1900. The predicted molar refractivity (Wildman–Crippen MR) is 210 cm³/mol. The number of methoxy groups -OCH3 is 1. The minimum Gasteiger partial charge on any atom is -0.508 e. The van der Waals surface area contributed by atoms with Gasteiger partial charge in [-0.05, 0) is 80.6 Å². The molecule has 1 saturated heterocycles. The first-order valence-corrected chi connectivity index (χ1v) is 20.4. The summed E-state index contributed by atoms with van der Waals surface area (Å²) in [7, 11) is -2.28. The summed E-state index contributed by atoms with van der Waals surface area (Å²) in [5.41, 5.74) is 5.59. The van der Waals surface area contributed by atoms with E-state index in [0.29, 0.717) is 45.0 Å². The highest BCUT2D eigenvalue weighted by molar-refractivity contribution is 7.89. The second-order valence-corrected chi connectivity index (χ2v) is 16.1. The highest BCUT2D eigenvalue weighted by atomic mass is 32.2. The van der Waals surface area contributed by atoms with Crippen molar-refractivity contribution in [2.75, 3.05) is 58.1 Å². The molecule has 2 aliphatic rings. The minimum absolute atomic E-state index is 0.0151. The van der Waals surface area contributed by atoms with Crippen molar-refractivity contribution in [2.45, 2.75) is 75.9 Å². The fraction of sp³-hybridized carbons (Fsp3) is 0.442. The molecule has 2 aliphatic heterocycles. The Balaban J connectivity index is 1.31. The molecule has 290 valence electrons. The molecule has 6 rings (SSSR count). The quantitative estimate of drug-likeness (QED) is 0.110. The van der Waals surface area contributed by atoms with Crippen LogP contribution in [0.3, 0.4) is 0 Å². The molecule has 0 amide bonds. The third-order valence-corrected chi connectivity index (χ3v) is 12.1. The molecule has 54 heavy (non-hydrogen) atoms. The Morgan fingerprint density at radius 1 is 0.963 bits per heavy atom. The van der Waals surface area contributed by atoms with E-state index >= 15 is 0 Å². The Morgan fingerprint density at radius 3 is 2.46 bits per heavy atom. The van der Waals surface area contributed by atoms with E-state index < -0.39 is 22.2 Å². The summed E-state index contributed by atoms with van der Waals surface area (Å²) in [6.07, 6.45) is 0.828. The van der Waals surface area contributed by atoms with Crippen molar-refractivity contribution in [1.82, 2.24) is 4.31 Å². The van der Waals surface area contributed by atoms with Crippen molar-refractivity contribution in [2.24, 2.45) is 0 Å². The number of phenolic OH excluding ortho intramolecular Hbond substituents is 1. The lowest BCUT2D eigenvalue weighted by atomic mass is 9.81. The van der Waals surface area contributed by atoms with Crippen molar-refractivity contribution >= 4 is 15.7 Å². The number of para-hydroxylation sites is 1. The van der Waals surface area contributed by atoms with Gasteiger partial charge in [0, 0.05) is 44.9 Å². The number of phenols is 1. The van der Waals surface area contributed by atoms with E-state index in [1.165, 1.54) is 4.31 Å². The first-order chi connectivity index (χ1) is 26.2. The Kier molecular flexibility index (Phi) is 13.7. The number of hydrogen-bond acceptors (Lipinski definition) is 9. The fourth-order valence-corrected chi connectivity index (χ4v) is 9.03. The molecule has 1 N–H and O–H groups in total. The van der Waals surface area contributed by atoms with E-state index in [4.69, 9.17) is 23.7 Å². The van der Waals surface area contributed by atoms with Crippen LogP contribution in [-0.4, -0.2) is 83.2 Å². The highest BCUT2D eigenvalue weighted by Gasteiger charge is 2.44. The van der Waals surface area contributed by atoms with Crippen molar-refractivity contribution < 1.29 is 37.2 Å². The van der Waals surface area contributed by atoms with Crippen LogP contribution in [0, 0.1) is 6.92 Å². The van der Waals surface area contributed by atoms with E-state index in [0.717, 1.165) is 53.2 Å². The number of nitrogens with zero attached hydrogens (tertiary/aromatic N) is 2. The van der Waals surface area contributed by atoms with E-state index in [1.54, 1.807) is 31.4 Å². The average molecular weight is 759 g/mol. The second-order valence-electron chi connectivity index (χ2n) is 14.2. The summed E-state index contributed by atoms with van der Waals surface area (Å²) in [5.74, 6) is 0.721. The van der Waals surface area contributed by atoms with E-state index in [1.807, 2.05) is 57.2 Å². The number of ether oxygens (including phenoxy) is 5. The van der Waals surface area contributed by atoms with Crippen LogP contribution >= 0.6 is 0 Å². The van der Waals surface area contributed by atoms with E-state index in [-0.39, 0.29) is 35.8 Å². The zero-order valence-corrected chi connectivity index (χ0v) is 32.7. The number of aromatic hydroxyl groups is 1. The van der Waals surface area contributed by atoms with Crippen LogP contribution in [-0.2, 0) is 42.2 Å². The summed E-state index contributed by atoms with van der Waals surface area (Å²) in [6.45, 7) is 10.8. The van der Waals surface area contributed by atoms with Gasteiger partial charge in [0.2, 0.25) is 10.0 Å². The minimum atomic E-state index is -3.99. The van der Waals surface area contributed by atoms with Crippen LogP contribution in [0.1, 0.15) is 66.5 Å². The highest BCUT2D eigenvalue weighted by Crippen LogP contribution is 2.46. The third-order valence-electron chi connectivity index (χ3n) is 10.3. The Hall–Kier alpha value is -3.97. The lowest BCUT2D eigenvalue weighted by Crippen LogP contribution is -2.48. The SMILES string of the molecule is CCO[C@H](C)COCc1ccc([C@H]2C[C@H](c3ccccc3O)N(S(=O)(=O)c3ccc(C)cc3)C[C@@H]2OCc2ccc3c(c2)N(CCCOC)CCO3)cc1. The molecule has 0 saturated carbocycles. The first-order valence-electron chi connectivity index (χ1n) is 18.9. The number of sulfonamides is 1. The number of fused-ring (bicyclic) bond motifs is 1. The van der Waals surface area contributed by atoms with Crippen LogP contribution in [0.5, 0.6) is 11.5 Å². The summed E-state index contributed by atoms with van der Waals surface area (Å²) in [5, 5.41) is 11.1. The summed E-state index contributed by atoms with van der Waals surface area (Å²) >= 11 is 0. The van der Waals surface area contributed by atoms with Crippen LogP contribution in [0.15, 0.2) is 95.9 Å². The Morgan fingerprint density at radius 2 is 1.72 bits per heavy atom. The van der Waals surface area contributed by atoms with Gasteiger partial charge in [0.1, 0.15) is 18.1 Å². The van der Waals surface area contributed by atoms with Gasteiger partial charge in [-0.2, -0.15) is 4.31 Å². The first kappa shape index (κ1) is 39.7. The molecule has 0 spiro atoms. The molecule has 2 heterocycles. The third kappa shape index (κ3) is 9.63. The molecule has 4 aromatic rings. The van der Waals surface area contributed by atoms with E-state index in [9.17, 15) is 13.5 Å². The normalized spacial score (nSPS) is 19.6. The van der Waals surface area contributed by atoms with Crippen molar-refractivity contribution in [3.8, 4) is 11.5 Å². The maximum atomic E-state index is 14.5. The zero-order valence-electron chi connectivity index (χ0n) is 31.9. The lowest BCUT2D eigenvalue weighted by molar-refractivity contribution is -0.0205. The standard InChI is InChI=1S/C43H54N2O8S/c1-5-51-32(3)28-50-29-33-13-16-35(17-14-33)38-26-39(37-9-6-7-10-41(37)46)45(54(47,48)36-18-11-31(2)12-19-36)27-43(38)53-30-34-15-20-42-40(25-34)44(22-24-52-42)21-8-23-49-4/h6-7,9-20,25,32,38-39,43,46H,5,8,21-24,26-30H2,1-4H3/t32-,38-,39-,43+/m1/s1. The van der Waals surface area contributed by atoms with Gasteiger partial charge in [-0.1, -0.05) is 66.2 Å². The fourth-order valence-electron chi connectivity index (χ4n) is 7.40. The number of aryl methyl sites for hydroxylation is 1. The molecule has 0 aliphatic carbocycles. The van der Waals surface area contributed by atoms with Gasteiger partial charge in [0.05, 0.1) is 55.2 Å². The lowest BCUT2D eigenvalue weighted by Gasteiger charge is -2.43. The van der Waals surface area contributed by atoms with E-state index in [2.05, 4.69) is 35.2 Å². The van der Waals surface area contributed by atoms with Gasteiger partial charge in [-0.15, -0.1) is 0 Å². The van der Waals surface area contributed by atoms with Crippen LogP contribution in [0.25, 0.3) is 0 Å². The smallest absolute Gasteiger partial charge is 0.243 e. The van der Waals surface area contributed by atoms with Crippen LogP contribution < -0.4 is 9.64 Å². The van der Waals surface area contributed by atoms with Crippen LogP contribution in [0.2, 0.25) is 0 Å². The average Bonchev–Trinajstić information content (AvgIpc) is 3.18. The summed E-state index contributed by atoms with van der Waals surface area (Å²) in [4.78, 5) is 2.53. The van der Waals surface area contributed by atoms with Gasteiger partial charge in [-0.25, -0.2) is 8.42 Å². The van der Waals surface area contributed by atoms with Gasteiger partial charge < -0.3 is 33.7 Å². The number of piperidine rings is 1. The number of anilines is 1.